The fraction of sp³-hybridized carbons (Fsp3) is 0.300. The van der Waals surface area contributed by atoms with Gasteiger partial charge in [0.1, 0.15) is 5.82 Å². The van der Waals surface area contributed by atoms with Gasteiger partial charge in [0.15, 0.2) is 0 Å². The second-order valence-corrected chi connectivity index (χ2v) is 3.48. The predicted molar refractivity (Wildman–Crippen MR) is 58.6 cm³/mol. The van der Waals surface area contributed by atoms with Crippen LogP contribution in [0.3, 0.4) is 0 Å². The zero-order chi connectivity index (χ0) is 9.68. The van der Waals surface area contributed by atoms with Crippen molar-refractivity contribution in [2.75, 3.05) is 11.9 Å². The Balaban J connectivity index is 2.70. The normalized spacial score (nSPS) is 8.85. The van der Waals surface area contributed by atoms with E-state index in [4.69, 9.17) is 0 Å². The molecule has 0 amide bonds. The van der Waals surface area contributed by atoms with Gasteiger partial charge in [0.2, 0.25) is 0 Å². The van der Waals surface area contributed by atoms with Gasteiger partial charge in [0.05, 0.1) is 11.0 Å². The highest BCUT2D eigenvalue weighted by Crippen LogP contribution is 2.19. The van der Waals surface area contributed by atoms with E-state index >= 15 is 0 Å². The molecule has 1 N–H and O–H groups in total. The minimum Gasteiger partial charge on any atom is -0.358 e. The second kappa shape index (κ2) is 4.88. The van der Waals surface area contributed by atoms with Crippen molar-refractivity contribution in [1.29, 1.82) is 0 Å². The van der Waals surface area contributed by atoms with Crippen LogP contribution in [0.4, 0.5) is 5.82 Å². The monoisotopic (exact) mass is 238 g/mol. The van der Waals surface area contributed by atoms with Crippen LogP contribution in [0.2, 0.25) is 0 Å². The first-order chi connectivity index (χ1) is 6.24. The summed E-state index contributed by atoms with van der Waals surface area (Å²) in [6, 6.07) is 2.02. The smallest absolute Gasteiger partial charge is 0.141 e. The molecular weight excluding hydrogens is 228 g/mol. The van der Waals surface area contributed by atoms with E-state index in [9.17, 15) is 0 Å². The van der Waals surface area contributed by atoms with Crippen molar-refractivity contribution in [2.45, 2.75) is 13.8 Å². The Hall–Kier alpha value is -1.01. The van der Waals surface area contributed by atoms with E-state index in [1.165, 1.54) is 0 Å². The summed E-state index contributed by atoms with van der Waals surface area (Å²) in [6.07, 6.45) is 1.83. The summed E-state index contributed by atoms with van der Waals surface area (Å²) in [5.41, 5.74) is 1.14. The molecule has 0 bridgehead atoms. The summed E-state index contributed by atoms with van der Waals surface area (Å²) in [4.78, 5) is 4.22. The first kappa shape index (κ1) is 10.1. The highest BCUT2D eigenvalue weighted by atomic mass is 79.9. The summed E-state index contributed by atoms with van der Waals surface area (Å²) in [7, 11) is 0. The lowest BCUT2D eigenvalue weighted by atomic mass is 10.3. The molecule has 13 heavy (non-hydrogen) atoms. The van der Waals surface area contributed by atoms with Crippen LogP contribution in [0.25, 0.3) is 0 Å². The molecule has 1 heterocycles. The van der Waals surface area contributed by atoms with Crippen molar-refractivity contribution in [1.82, 2.24) is 4.98 Å². The fourth-order valence-electron chi connectivity index (χ4n) is 0.880. The maximum atomic E-state index is 4.22. The molecule has 0 saturated heterocycles. The van der Waals surface area contributed by atoms with Crippen LogP contribution in [-0.4, -0.2) is 11.5 Å². The van der Waals surface area contributed by atoms with E-state index in [0.717, 1.165) is 15.9 Å². The van der Waals surface area contributed by atoms with Crippen LogP contribution in [0.1, 0.15) is 12.5 Å². The van der Waals surface area contributed by atoms with E-state index in [2.05, 4.69) is 38.1 Å². The standard InChI is InChI=1S/C10H11BrN2/c1-3-4-5-12-10-9(11)6-8(2)7-13-10/h6-7H,5H2,1-2H3,(H,12,13). The van der Waals surface area contributed by atoms with E-state index in [-0.39, 0.29) is 0 Å². The number of nitrogens with one attached hydrogen (secondary N) is 1. The van der Waals surface area contributed by atoms with Gasteiger partial charge in [-0.1, -0.05) is 5.92 Å². The largest absolute Gasteiger partial charge is 0.358 e. The third kappa shape index (κ3) is 3.08. The molecule has 0 spiro atoms. The van der Waals surface area contributed by atoms with Crippen LogP contribution in [0.5, 0.6) is 0 Å². The fourth-order valence-corrected chi connectivity index (χ4v) is 1.48. The molecule has 0 saturated carbocycles. The van der Waals surface area contributed by atoms with E-state index in [1.807, 2.05) is 26.1 Å². The molecule has 2 nitrogen and oxygen atoms in total. The Morgan fingerprint density at radius 1 is 1.62 bits per heavy atom. The maximum Gasteiger partial charge on any atom is 0.141 e. The number of aryl methyl sites for hydroxylation is 1. The van der Waals surface area contributed by atoms with Crippen LogP contribution >= 0.6 is 15.9 Å². The molecule has 0 radical (unpaired) electrons. The Kier molecular flexibility index (Phi) is 3.78. The highest BCUT2D eigenvalue weighted by Gasteiger charge is 1.98. The average Bonchev–Trinajstić information content (AvgIpc) is 2.09. The lowest BCUT2D eigenvalue weighted by Gasteiger charge is -2.04. The van der Waals surface area contributed by atoms with Gasteiger partial charge >= 0.3 is 0 Å². The molecule has 0 aliphatic heterocycles. The van der Waals surface area contributed by atoms with Gasteiger partial charge < -0.3 is 5.32 Å². The second-order valence-electron chi connectivity index (χ2n) is 2.62. The van der Waals surface area contributed by atoms with Gasteiger partial charge in [0, 0.05) is 6.20 Å². The van der Waals surface area contributed by atoms with Crippen LogP contribution in [0.15, 0.2) is 16.7 Å². The zero-order valence-corrected chi connectivity index (χ0v) is 9.27. The van der Waals surface area contributed by atoms with Gasteiger partial charge in [-0.2, -0.15) is 0 Å². The minimum absolute atomic E-state index is 0.630. The number of pyridine rings is 1. The Morgan fingerprint density at radius 2 is 2.38 bits per heavy atom. The van der Waals surface area contributed by atoms with Gasteiger partial charge in [-0.3, -0.25) is 0 Å². The van der Waals surface area contributed by atoms with Crippen molar-refractivity contribution < 1.29 is 0 Å². The summed E-state index contributed by atoms with van der Waals surface area (Å²) >= 11 is 3.43. The van der Waals surface area contributed by atoms with Gasteiger partial charge in [-0.05, 0) is 41.4 Å². The Bertz CT molecular complexity index is 350. The first-order valence-electron chi connectivity index (χ1n) is 3.99. The van der Waals surface area contributed by atoms with Gasteiger partial charge in [-0.15, -0.1) is 5.92 Å². The predicted octanol–water partition coefficient (Wildman–Crippen LogP) is 2.59. The van der Waals surface area contributed by atoms with E-state index in [1.54, 1.807) is 0 Å². The molecule has 68 valence electrons. The molecule has 0 aromatic carbocycles. The highest BCUT2D eigenvalue weighted by molar-refractivity contribution is 9.10. The van der Waals surface area contributed by atoms with Gasteiger partial charge in [0.25, 0.3) is 0 Å². The van der Waals surface area contributed by atoms with Crippen LogP contribution < -0.4 is 5.32 Å². The molecule has 0 unspecified atom stereocenters. The average molecular weight is 239 g/mol. The Morgan fingerprint density at radius 3 is 3.00 bits per heavy atom. The number of aromatic nitrogens is 1. The molecule has 1 rings (SSSR count). The quantitative estimate of drug-likeness (QED) is 0.802. The number of halogens is 1. The third-order valence-electron chi connectivity index (χ3n) is 1.50. The number of hydrogen-bond acceptors (Lipinski definition) is 2. The minimum atomic E-state index is 0.630. The topological polar surface area (TPSA) is 24.9 Å². The lowest BCUT2D eigenvalue weighted by Crippen LogP contribution is -2.01. The summed E-state index contributed by atoms with van der Waals surface area (Å²) in [5, 5.41) is 3.11. The van der Waals surface area contributed by atoms with E-state index < -0.39 is 0 Å². The Labute approximate surface area is 86.9 Å². The summed E-state index contributed by atoms with van der Waals surface area (Å²) < 4.78 is 0.977. The molecule has 3 heteroatoms. The molecule has 1 aromatic rings. The third-order valence-corrected chi connectivity index (χ3v) is 2.10. The number of hydrogen-bond donors (Lipinski definition) is 1. The molecule has 0 aliphatic carbocycles. The van der Waals surface area contributed by atoms with Crippen molar-refractivity contribution in [3.8, 4) is 11.8 Å². The number of anilines is 1. The summed E-state index contributed by atoms with van der Waals surface area (Å²) in [6.45, 7) is 4.46. The lowest BCUT2D eigenvalue weighted by molar-refractivity contribution is 1.20. The molecule has 0 aliphatic rings. The molecule has 1 aromatic heterocycles. The maximum absolute atomic E-state index is 4.22. The number of nitrogens with zero attached hydrogens (tertiary/aromatic N) is 1. The van der Waals surface area contributed by atoms with Crippen LogP contribution in [-0.2, 0) is 0 Å². The van der Waals surface area contributed by atoms with Crippen LogP contribution in [0, 0.1) is 18.8 Å². The SMILES string of the molecule is CC#CCNc1ncc(C)cc1Br. The molecular formula is C10H11BrN2. The molecule has 0 atom stereocenters. The van der Waals surface area contributed by atoms with Gasteiger partial charge in [-0.25, -0.2) is 4.98 Å². The summed E-state index contributed by atoms with van der Waals surface area (Å²) in [5.74, 6) is 6.57. The first-order valence-corrected chi connectivity index (χ1v) is 4.79. The van der Waals surface area contributed by atoms with Crippen molar-refractivity contribution in [3.05, 3.63) is 22.3 Å². The molecule has 0 fully saturated rings. The van der Waals surface area contributed by atoms with Crippen molar-refractivity contribution in [2.24, 2.45) is 0 Å². The zero-order valence-electron chi connectivity index (χ0n) is 7.69. The van der Waals surface area contributed by atoms with Crippen molar-refractivity contribution >= 4 is 21.7 Å². The van der Waals surface area contributed by atoms with Crippen molar-refractivity contribution in [3.63, 3.8) is 0 Å². The van der Waals surface area contributed by atoms with E-state index in [0.29, 0.717) is 6.54 Å². The number of rotatable bonds is 2.